The summed E-state index contributed by atoms with van der Waals surface area (Å²) in [6.45, 7) is 12.3. The molecule has 1 aliphatic rings. The van der Waals surface area contributed by atoms with E-state index in [1.807, 2.05) is 46.8 Å². The van der Waals surface area contributed by atoms with Gasteiger partial charge >= 0.3 is 6.18 Å². The third-order valence-electron chi connectivity index (χ3n) is 4.66. The number of alkyl halides is 3. The van der Waals surface area contributed by atoms with E-state index in [1.165, 1.54) is 5.06 Å². The van der Waals surface area contributed by atoms with Crippen molar-refractivity contribution >= 4 is 5.84 Å². The fourth-order valence-electron chi connectivity index (χ4n) is 2.92. The predicted molar refractivity (Wildman–Crippen MR) is 96.9 cm³/mol. The van der Waals surface area contributed by atoms with Crippen LogP contribution >= 0.6 is 0 Å². The van der Waals surface area contributed by atoms with Gasteiger partial charge in [0.15, 0.2) is 5.84 Å². The number of halogens is 3. The van der Waals surface area contributed by atoms with Crippen LogP contribution in [0.5, 0.6) is 0 Å². The Morgan fingerprint density at radius 3 is 2.19 bits per heavy atom. The molecule has 0 saturated carbocycles. The van der Waals surface area contributed by atoms with Crippen LogP contribution in [0.2, 0.25) is 0 Å². The Balaban J connectivity index is 2.39. The van der Waals surface area contributed by atoms with E-state index in [-0.39, 0.29) is 17.8 Å². The number of aryl methyl sites for hydroxylation is 1. The number of rotatable bonds is 7. The van der Waals surface area contributed by atoms with Crippen molar-refractivity contribution in [2.45, 2.75) is 53.1 Å². The topological polar surface area (TPSA) is 28.1 Å². The normalized spacial score (nSPS) is 19.4. The van der Waals surface area contributed by atoms with Crippen molar-refractivity contribution in [1.29, 1.82) is 0 Å². The molecule has 0 bridgehead atoms. The summed E-state index contributed by atoms with van der Waals surface area (Å²) >= 11 is 0. The Morgan fingerprint density at radius 1 is 1.15 bits per heavy atom. The molecule has 1 aromatic rings. The number of benzene rings is 1. The highest BCUT2D eigenvalue weighted by atomic mass is 19.4. The number of aliphatic imine (C=N–C) groups is 1. The Kier molecular flexibility index (Phi) is 6.69. The van der Waals surface area contributed by atoms with Crippen LogP contribution in [-0.4, -0.2) is 53.9 Å². The summed E-state index contributed by atoms with van der Waals surface area (Å²) in [6, 6.07) is 7.08. The van der Waals surface area contributed by atoms with Crippen LogP contribution in [0.1, 0.15) is 38.8 Å². The van der Waals surface area contributed by atoms with Gasteiger partial charge in [0.25, 0.3) is 6.23 Å². The molecule has 0 N–H and O–H groups in total. The van der Waals surface area contributed by atoms with E-state index in [9.17, 15) is 13.2 Å². The Labute approximate surface area is 153 Å². The van der Waals surface area contributed by atoms with Gasteiger partial charge in [0.05, 0.1) is 6.04 Å². The molecule has 0 radical (unpaired) electrons. The summed E-state index contributed by atoms with van der Waals surface area (Å²) in [6.07, 6.45) is -6.70. The summed E-state index contributed by atoms with van der Waals surface area (Å²) < 4.78 is 39.8. The molecule has 0 spiro atoms. The zero-order chi connectivity index (χ0) is 19.5. The van der Waals surface area contributed by atoms with Crippen molar-refractivity contribution in [2.24, 2.45) is 10.9 Å². The van der Waals surface area contributed by atoms with Crippen molar-refractivity contribution in [3.8, 4) is 0 Å². The maximum atomic E-state index is 13.3. The van der Waals surface area contributed by atoms with E-state index < -0.39 is 12.4 Å². The zero-order valence-corrected chi connectivity index (χ0v) is 16.0. The molecule has 2 rings (SSSR count). The van der Waals surface area contributed by atoms with Crippen LogP contribution in [0.4, 0.5) is 13.2 Å². The second-order valence-corrected chi connectivity index (χ2v) is 6.94. The summed E-state index contributed by atoms with van der Waals surface area (Å²) in [5.41, 5.74) is 1.67. The van der Waals surface area contributed by atoms with E-state index in [0.29, 0.717) is 12.1 Å². The van der Waals surface area contributed by atoms with Crippen LogP contribution in [0.15, 0.2) is 29.3 Å². The van der Waals surface area contributed by atoms with Gasteiger partial charge in [-0.1, -0.05) is 57.5 Å². The minimum absolute atomic E-state index is 0.0956. The van der Waals surface area contributed by atoms with Gasteiger partial charge in [-0.15, -0.1) is 0 Å². The second kappa shape index (κ2) is 8.39. The van der Waals surface area contributed by atoms with Crippen molar-refractivity contribution in [3.63, 3.8) is 0 Å². The number of amidine groups is 1. The molecule has 1 aromatic carbocycles. The standard InChI is InChI=1S/C19H28F3N3O/c1-6-24(7-2)12-16(13(3)4)25-17(15-10-8-14(5)9-11-15)23-18(26-25)19(20,21)22/h8-11,13,16,18H,6-7,12H2,1-5H3. The SMILES string of the molecule is CCN(CC)CC(C(C)C)N1OC(C(F)(F)F)N=C1c1ccc(C)cc1. The lowest BCUT2D eigenvalue weighted by atomic mass is 10.0. The summed E-state index contributed by atoms with van der Waals surface area (Å²) in [4.78, 5) is 11.4. The third kappa shape index (κ3) is 4.76. The molecule has 4 nitrogen and oxygen atoms in total. The lowest BCUT2D eigenvalue weighted by Gasteiger charge is -2.35. The first-order chi connectivity index (χ1) is 12.2. The first kappa shape index (κ1) is 20.7. The van der Waals surface area contributed by atoms with Gasteiger partial charge in [-0.25, -0.2) is 14.9 Å². The molecular formula is C19H28F3N3O. The molecule has 146 valence electrons. The van der Waals surface area contributed by atoms with Gasteiger partial charge in [0, 0.05) is 12.1 Å². The Morgan fingerprint density at radius 2 is 1.73 bits per heavy atom. The minimum Gasteiger partial charge on any atom is -0.302 e. The first-order valence-electron chi connectivity index (χ1n) is 9.07. The van der Waals surface area contributed by atoms with Crippen LogP contribution in [0.25, 0.3) is 0 Å². The lowest BCUT2D eigenvalue weighted by molar-refractivity contribution is -0.272. The average molecular weight is 371 g/mol. The van der Waals surface area contributed by atoms with Crippen molar-refractivity contribution in [3.05, 3.63) is 35.4 Å². The molecule has 1 aliphatic heterocycles. The maximum absolute atomic E-state index is 13.3. The number of hydrogen-bond acceptors (Lipinski definition) is 4. The highest BCUT2D eigenvalue weighted by Gasteiger charge is 2.48. The minimum atomic E-state index is -4.54. The molecule has 2 unspecified atom stereocenters. The molecule has 0 aliphatic carbocycles. The molecule has 0 fully saturated rings. The van der Waals surface area contributed by atoms with Crippen LogP contribution < -0.4 is 0 Å². The number of likely N-dealkylation sites (N-methyl/N-ethyl adjacent to an activating group) is 1. The summed E-state index contributed by atoms with van der Waals surface area (Å²) in [5.74, 6) is 0.344. The third-order valence-corrected chi connectivity index (χ3v) is 4.66. The van der Waals surface area contributed by atoms with Gasteiger partial charge in [-0.2, -0.15) is 13.2 Å². The highest BCUT2D eigenvalue weighted by molar-refractivity contribution is 5.99. The Bertz CT molecular complexity index is 609. The molecule has 2 atom stereocenters. The molecule has 7 heteroatoms. The van der Waals surface area contributed by atoms with E-state index in [2.05, 4.69) is 9.89 Å². The fourth-order valence-corrected chi connectivity index (χ4v) is 2.92. The average Bonchev–Trinajstić information content (AvgIpc) is 3.01. The van der Waals surface area contributed by atoms with E-state index in [0.717, 1.165) is 18.7 Å². The molecule has 26 heavy (non-hydrogen) atoms. The second-order valence-electron chi connectivity index (χ2n) is 6.94. The van der Waals surface area contributed by atoms with E-state index in [4.69, 9.17) is 4.84 Å². The van der Waals surface area contributed by atoms with Crippen LogP contribution in [-0.2, 0) is 4.84 Å². The van der Waals surface area contributed by atoms with Crippen molar-refractivity contribution in [1.82, 2.24) is 9.96 Å². The van der Waals surface area contributed by atoms with Gasteiger partial charge in [-0.05, 0) is 25.9 Å². The quantitative estimate of drug-likeness (QED) is 0.718. The monoisotopic (exact) mass is 371 g/mol. The molecule has 0 saturated heterocycles. The van der Waals surface area contributed by atoms with Crippen LogP contribution in [0, 0.1) is 12.8 Å². The van der Waals surface area contributed by atoms with Gasteiger partial charge < -0.3 is 4.90 Å². The molecule has 0 amide bonds. The van der Waals surface area contributed by atoms with Gasteiger partial charge in [-0.3, -0.25) is 0 Å². The maximum Gasteiger partial charge on any atom is 0.437 e. The fraction of sp³-hybridized carbons (Fsp3) is 0.632. The largest absolute Gasteiger partial charge is 0.437 e. The highest BCUT2D eigenvalue weighted by Crippen LogP contribution is 2.32. The predicted octanol–water partition coefficient (Wildman–Crippen LogP) is 4.24. The van der Waals surface area contributed by atoms with E-state index >= 15 is 0 Å². The molecular weight excluding hydrogens is 343 g/mol. The van der Waals surface area contributed by atoms with Crippen LogP contribution in [0.3, 0.4) is 0 Å². The van der Waals surface area contributed by atoms with Gasteiger partial charge in [0.1, 0.15) is 0 Å². The lowest BCUT2D eigenvalue weighted by Crippen LogP contribution is -2.49. The molecule has 1 heterocycles. The first-order valence-corrected chi connectivity index (χ1v) is 9.07. The van der Waals surface area contributed by atoms with Crippen molar-refractivity contribution in [2.75, 3.05) is 19.6 Å². The summed E-state index contributed by atoms with van der Waals surface area (Å²) in [5, 5.41) is 1.38. The van der Waals surface area contributed by atoms with E-state index in [1.54, 1.807) is 12.1 Å². The number of nitrogens with zero attached hydrogens (tertiary/aromatic N) is 3. The smallest absolute Gasteiger partial charge is 0.302 e. The van der Waals surface area contributed by atoms with Gasteiger partial charge in [0.2, 0.25) is 0 Å². The van der Waals surface area contributed by atoms with Crippen molar-refractivity contribution < 1.29 is 18.0 Å². The summed E-state index contributed by atoms with van der Waals surface area (Å²) in [7, 11) is 0. The number of hydroxylamine groups is 2. The number of hydrogen-bond donors (Lipinski definition) is 0. The zero-order valence-electron chi connectivity index (χ0n) is 16.0. The Hall–Kier alpha value is -1.60. The molecule has 0 aromatic heterocycles.